The van der Waals surface area contributed by atoms with Gasteiger partial charge in [-0.15, -0.1) is 0 Å². The van der Waals surface area contributed by atoms with Crippen LogP contribution in [0.15, 0.2) is 54.6 Å². The first-order valence-electron chi connectivity index (χ1n) is 12.6. The summed E-state index contributed by atoms with van der Waals surface area (Å²) in [7, 11) is 0. The number of hydrogen-bond acceptors (Lipinski definition) is 2. The largest absolute Gasteiger partial charge is 0.508 e. The molecule has 0 aliphatic heterocycles. The Morgan fingerprint density at radius 2 is 1.57 bits per heavy atom. The molecule has 1 unspecified atom stereocenters. The minimum absolute atomic E-state index is 0.0219. The number of aryl methyl sites for hydroxylation is 2. The van der Waals surface area contributed by atoms with Gasteiger partial charge in [0.15, 0.2) is 11.6 Å². The van der Waals surface area contributed by atoms with Gasteiger partial charge in [0, 0.05) is 11.6 Å². The minimum Gasteiger partial charge on any atom is -0.508 e. The third-order valence-electron chi connectivity index (χ3n) is 7.44. The highest BCUT2D eigenvalue weighted by Gasteiger charge is 2.29. The van der Waals surface area contributed by atoms with Crippen LogP contribution in [-0.4, -0.2) is 16.3 Å². The molecule has 1 saturated carbocycles. The summed E-state index contributed by atoms with van der Waals surface area (Å²) in [5.74, 6) is -1.91. The molecule has 0 bridgehead atoms. The number of halogens is 3. The van der Waals surface area contributed by atoms with Crippen LogP contribution < -0.4 is 0 Å². The highest BCUT2D eigenvalue weighted by Crippen LogP contribution is 2.40. The predicted molar refractivity (Wildman–Crippen MR) is 133 cm³/mol. The molecule has 4 rings (SSSR count). The van der Waals surface area contributed by atoms with Gasteiger partial charge in [0.05, 0.1) is 6.10 Å². The molecule has 35 heavy (non-hydrogen) atoms. The molecule has 1 aliphatic rings. The fourth-order valence-electron chi connectivity index (χ4n) is 5.32. The van der Waals surface area contributed by atoms with Crippen LogP contribution in [0, 0.1) is 23.4 Å². The van der Waals surface area contributed by atoms with Gasteiger partial charge < -0.3 is 10.2 Å². The molecule has 1 fully saturated rings. The summed E-state index contributed by atoms with van der Waals surface area (Å²) in [6.07, 6.45) is 5.70. The maximum Gasteiger partial charge on any atom is 0.166 e. The van der Waals surface area contributed by atoms with Crippen molar-refractivity contribution in [3.63, 3.8) is 0 Å². The second-order valence-corrected chi connectivity index (χ2v) is 9.77. The molecule has 3 aromatic carbocycles. The smallest absolute Gasteiger partial charge is 0.166 e. The van der Waals surface area contributed by atoms with E-state index in [1.165, 1.54) is 6.07 Å². The third-order valence-corrected chi connectivity index (χ3v) is 7.44. The van der Waals surface area contributed by atoms with Gasteiger partial charge in [-0.05, 0) is 85.1 Å². The van der Waals surface area contributed by atoms with Crippen LogP contribution in [0.4, 0.5) is 13.2 Å². The highest BCUT2D eigenvalue weighted by molar-refractivity contribution is 5.65. The van der Waals surface area contributed by atoms with Crippen molar-refractivity contribution < 1.29 is 23.4 Å². The number of aromatic hydroxyl groups is 1. The lowest BCUT2D eigenvalue weighted by atomic mass is 9.75. The number of phenols is 1. The van der Waals surface area contributed by atoms with E-state index < -0.39 is 17.5 Å². The van der Waals surface area contributed by atoms with Crippen LogP contribution in [0.25, 0.3) is 11.1 Å². The summed E-state index contributed by atoms with van der Waals surface area (Å²) in [6.45, 7) is 2.06. The van der Waals surface area contributed by atoms with E-state index in [1.54, 1.807) is 30.3 Å². The number of rotatable bonds is 8. The first kappa shape index (κ1) is 25.3. The quantitative estimate of drug-likeness (QED) is 0.345. The van der Waals surface area contributed by atoms with Gasteiger partial charge in [0.2, 0.25) is 0 Å². The molecule has 0 radical (unpaired) electrons. The third kappa shape index (κ3) is 5.90. The Morgan fingerprint density at radius 1 is 0.857 bits per heavy atom. The van der Waals surface area contributed by atoms with Gasteiger partial charge in [-0.1, -0.05) is 55.8 Å². The van der Waals surface area contributed by atoms with Gasteiger partial charge in [0.1, 0.15) is 11.6 Å². The zero-order chi connectivity index (χ0) is 24.9. The van der Waals surface area contributed by atoms with E-state index in [9.17, 15) is 14.6 Å². The number of phenolic OH excluding ortho intramolecular Hbond substituents is 1. The molecule has 5 heteroatoms. The molecule has 3 aromatic rings. The van der Waals surface area contributed by atoms with E-state index in [2.05, 4.69) is 6.92 Å². The van der Waals surface area contributed by atoms with Crippen LogP contribution in [-0.2, 0) is 12.8 Å². The van der Waals surface area contributed by atoms with Crippen LogP contribution in [0.2, 0.25) is 0 Å². The van der Waals surface area contributed by atoms with Crippen molar-refractivity contribution in [1.29, 1.82) is 0 Å². The molecular formula is C30H33F3O2. The number of hydrogen-bond donors (Lipinski definition) is 2. The standard InChI is InChI=1S/C30H33F3O2/c1-2-3-28(35)23-12-10-21(11-13-23)26-17-16-25(29(32)30(26)33)20-7-4-19(5-8-20)6-9-22-14-15-24(34)18-27(22)31/h4-5,7-8,14-18,21,23,28,34-35H,2-3,6,9-13H2,1H3. The van der Waals surface area contributed by atoms with E-state index in [0.717, 1.165) is 50.2 Å². The summed E-state index contributed by atoms with van der Waals surface area (Å²) in [5, 5.41) is 19.6. The molecule has 0 amide bonds. The Balaban J connectivity index is 1.42. The maximum absolute atomic E-state index is 15.1. The van der Waals surface area contributed by atoms with Crippen molar-refractivity contribution >= 4 is 0 Å². The van der Waals surface area contributed by atoms with Crippen LogP contribution in [0.1, 0.15) is 68.1 Å². The van der Waals surface area contributed by atoms with E-state index >= 15 is 8.78 Å². The van der Waals surface area contributed by atoms with Gasteiger partial charge in [-0.25, -0.2) is 13.2 Å². The number of aliphatic hydroxyl groups excluding tert-OH is 1. The topological polar surface area (TPSA) is 40.5 Å². The van der Waals surface area contributed by atoms with Crippen LogP contribution >= 0.6 is 0 Å². The van der Waals surface area contributed by atoms with Crippen molar-refractivity contribution in [3.05, 3.63) is 88.7 Å². The Hall–Kier alpha value is -2.79. The molecule has 186 valence electrons. The summed E-state index contributed by atoms with van der Waals surface area (Å²) >= 11 is 0. The molecule has 2 N–H and O–H groups in total. The monoisotopic (exact) mass is 482 g/mol. The van der Waals surface area contributed by atoms with Crippen molar-refractivity contribution in [2.75, 3.05) is 0 Å². The second kappa shape index (κ2) is 11.3. The van der Waals surface area contributed by atoms with E-state index in [0.29, 0.717) is 29.5 Å². The fourth-order valence-corrected chi connectivity index (χ4v) is 5.32. The molecule has 0 saturated heterocycles. The summed E-state index contributed by atoms with van der Waals surface area (Å²) in [6, 6.07) is 14.7. The molecule has 0 spiro atoms. The van der Waals surface area contributed by atoms with E-state index in [1.807, 2.05) is 12.1 Å². The fraction of sp³-hybridized carbons (Fsp3) is 0.400. The van der Waals surface area contributed by atoms with Crippen molar-refractivity contribution in [1.82, 2.24) is 0 Å². The maximum atomic E-state index is 15.1. The van der Waals surface area contributed by atoms with Gasteiger partial charge >= 0.3 is 0 Å². The Morgan fingerprint density at radius 3 is 2.23 bits per heavy atom. The SMILES string of the molecule is CCCC(O)C1CCC(c2ccc(-c3ccc(CCc4ccc(O)cc4F)cc3)c(F)c2F)CC1. The van der Waals surface area contributed by atoms with E-state index in [4.69, 9.17) is 0 Å². The molecular weight excluding hydrogens is 449 g/mol. The predicted octanol–water partition coefficient (Wildman–Crippen LogP) is 7.70. The van der Waals surface area contributed by atoms with Crippen LogP contribution in [0.3, 0.4) is 0 Å². The zero-order valence-electron chi connectivity index (χ0n) is 20.1. The average molecular weight is 483 g/mol. The Bertz CT molecular complexity index is 1140. The lowest BCUT2D eigenvalue weighted by molar-refractivity contribution is 0.0727. The minimum atomic E-state index is -0.824. The lowest BCUT2D eigenvalue weighted by Crippen LogP contribution is -2.25. The zero-order valence-corrected chi connectivity index (χ0v) is 20.1. The molecule has 1 aliphatic carbocycles. The van der Waals surface area contributed by atoms with E-state index in [-0.39, 0.29) is 29.3 Å². The molecule has 2 nitrogen and oxygen atoms in total. The van der Waals surface area contributed by atoms with Gasteiger partial charge in [-0.3, -0.25) is 0 Å². The lowest BCUT2D eigenvalue weighted by Gasteiger charge is -2.32. The highest BCUT2D eigenvalue weighted by atomic mass is 19.2. The first-order chi connectivity index (χ1) is 16.9. The van der Waals surface area contributed by atoms with Crippen molar-refractivity contribution in [2.45, 2.75) is 70.3 Å². The van der Waals surface area contributed by atoms with Crippen LogP contribution in [0.5, 0.6) is 5.75 Å². The average Bonchev–Trinajstić information content (AvgIpc) is 2.86. The first-order valence-corrected chi connectivity index (χ1v) is 12.6. The number of benzene rings is 3. The summed E-state index contributed by atoms with van der Waals surface area (Å²) < 4.78 is 44.1. The summed E-state index contributed by atoms with van der Waals surface area (Å²) in [5.41, 5.74) is 2.74. The Kier molecular flexibility index (Phi) is 8.17. The number of aliphatic hydroxyl groups is 1. The molecule has 0 aromatic heterocycles. The second-order valence-electron chi connectivity index (χ2n) is 9.77. The molecule has 0 heterocycles. The summed E-state index contributed by atoms with van der Waals surface area (Å²) in [4.78, 5) is 0. The normalized spacial score (nSPS) is 19.0. The Labute approximate surface area is 205 Å². The van der Waals surface area contributed by atoms with Crippen molar-refractivity contribution in [3.8, 4) is 16.9 Å². The molecule has 1 atom stereocenters. The van der Waals surface area contributed by atoms with Gasteiger partial charge in [0.25, 0.3) is 0 Å². The van der Waals surface area contributed by atoms with Crippen molar-refractivity contribution in [2.24, 2.45) is 5.92 Å². The van der Waals surface area contributed by atoms with Gasteiger partial charge in [-0.2, -0.15) is 0 Å².